The number of allylic oxidation sites excluding steroid dienone is 9. The van der Waals surface area contributed by atoms with E-state index < -0.39 is 17.1 Å². The zero-order valence-corrected chi connectivity index (χ0v) is 25.1. The zero-order valence-electron chi connectivity index (χ0n) is 25.1. The first kappa shape index (κ1) is 33.4. The van der Waals surface area contributed by atoms with Crippen LogP contribution in [0.3, 0.4) is 0 Å². The van der Waals surface area contributed by atoms with Crippen LogP contribution < -0.4 is 5.32 Å². The van der Waals surface area contributed by atoms with Crippen LogP contribution in [0.5, 0.6) is 0 Å². The van der Waals surface area contributed by atoms with Gasteiger partial charge in [-0.05, 0) is 95.4 Å². The van der Waals surface area contributed by atoms with Crippen LogP contribution in [-0.4, -0.2) is 76.9 Å². The number of nitrogens with one attached hydrogen (secondary N) is 1. The Bertz CT molecular complexity index is 1090. The van der Waals surface area contributed by atoms with Crippen molar-refractivity contribution >= 4 is 6.29 Å². The van der Waals surface area contributed by atoms with Crippen molar-refractivity contribution in [2.24, 2.45) is 29.1 Å². The normalized spacial score (nSPS) is 35.0. The van der Waals surface area contributed by atoms with Gasteiger partial charge in [-0.2, -0.15) is 0 Å². The Labute approximate surface area is 245 Å². The molecule has 0 aromatic rings. The van der Waals surface area contributed by atoms with Gasteiger partial charge < -0.3 is 30.8 Å². The van der Waals surface area contributed by atoms with Gasteiger partial charge in [-0.25, -0.2) is 0 Å². The van der Waals surface area contributed by atoms with Gasteiger partial charge in [0.25, 0.3) is 0 Å². The molecule has 7 atom stereocenters. The van der Waals surface area contributed by atoms with E-state index in [9.17, 15) is 25.2 Å². The van der Waals surface area contributed by atoms with Crippen molar-refractivity contribution in [2.45, 2.75) is 70.5 Å². The van der Waals surface area contributed by atoms with E-state index in [1.807, 2.05) is 45.2 Å². The summed E-state index contributed by atoms with van der Waals surface area (Å²) in [6.07, 6.45) is 15.8. The highest BCUT2D eigenvalue weighted by atomic mass is 16.3. The average Bonchev–Trinajstić information content (AvgIpc) is 3.31. The highest BCUT2D eigenvalue weighted by Crippen LogP contribution is 2.67. The molecule has 2 fully saturated rings. The number of rotatable bonds is 14. The fourth-order valence-corrected chi connectivity index (χ4v) is 7.87. The van der Waals surface area contributed by atoms with Gasteiger partial charge in [-0.1, -0.05) is 59.8 Å². The summed E-state index contributed by atoms with van der Waals surface area (Å²) in [5.74, 6) is -0.874. The topological polar surface area (TPSA) is 130 Å². The van der Waals surface area contributed by atoms with Crippen molar-refractivity contribution in [2.75, 3.05) is 33.4 Å². The van der Waals surface area contributed by atoms with Gasteiger partial charge in [0.1, 0.15) is 6.29 Å². The van der Waals surface area contributed by atoms with Gasteiger partial charge in [0.15, 0.2) is 0 Å². The van der Waals surface area contributed by atoms with Crippen molar-refractivity contribution in [3.63, 3.8) is 0 Å². The summed E-state index contributed by atoms with van der Waals surface area (Å²) in [6, 6.07) is 0. The molecule has 228 valence electrons. The Morgan fingerprint density at radius 2 is 1.95 bits per heavy atom. The number of hydrogen-bond donors (Lipinski definition) is 6. The SMILES string of the molecule is C=C(C=CC=C(CO)C1CCC2(C1O)C1C(=C(C)C=O)C(C=CC1CCO)CC2(O)CCNC)CCC=C(C)CO. The molecule has 2 saturated carbocycles. The van der Waals surface area contributed by atoms with E-state index >= 15 is 0 Å². The fraction of sp³-hybridized carbons (Fsp3) is 0.618. The maximum atomic E-state index is 12.5. The summed E-state index contributed by atoms with van der Waals surface area (Å²) in [5.41, 5.74) is 2.03. The predicted octanol–water partition coefficient (Wildman–Crippen LogP) is 3.55. The maximum absolute atomic E-state index is 12.5. The first-order valence-corrected chi connectivity index (χ1v) is 15.1. The lowest BCUT2D eigenvalue weighted by Crippen LogP contribution is -2.65. The molecule has 3 aliphatic rings. The molecule has 3 aliphatic carbocycles. The summed E-state index contributed by atoms with van der Waals surface area (Å²) in [5, 5.41) is 57.5. The molecule has 7 nitrogen and oxygen atoms in total. The van der Waals surface area contributed by atoms with E-state index in [0.29, 0.717) is 49.8 Å². The first-order chi connectivity index (χ1) is 19.6. The Morgan fingerprint density at radius 3 is 2.59 bits per heavy atom. The molecule has 41 heavy (non-hydrogen) atoms. The number of aldehydes is 1. The van der Waals surface area contributed by atoms with Crippen LogP contribution in [0.15, 0.2) is 70.9 Å². The van der Waals surface area contributed by atoms with Crippen molar-refractivity contribution in [1.29, 1.82) is 0 Å². The van der Waals surface area contributed by atoms with E-state index in [-0.39, 0.29) is 43.5 Å². The maximum Gasteiger partial charge on any atom is 0.145 e. The Hall–Kier alpha value is -2.13. The van der Waals surface area contributed by atoms with E-state index in [0.717, 1.165) is 35.8 Å². The van der Waals surface area contributed by atoms with Crippen LogP contribution in [0.1, 0.15) is 58.8 Å². The lowest BCUT2D eigenvalue weighted by atomic mass is 9.45. The quantitative estimate of drug-likeness (QED) is 0.0817. The number of fused-ring (bicyclic) bond motifs is 3. The molecule has 1 spiro atoms. The van der Waals surface area contributed by atoms with E-state index in [4.69, 9.17) is 5.11 Å². The summed E-state index contributed by atoms with van der Waals surface area (Å²) < 4.78 is 0. The molecule has 0 aliphatic heterocycles. The predicted molar refractivity (Wildman–Crippen MR) is 163 cm³/mol. The summed E-state index contributed by atoms with van der Waals surface area (Å²) in [6.45, 7) is 8.19. The number of hydrogen-bond acceptors (Lipinski definition) is 7. The standard InChI is InChI=1S/C34H51NO6/c1-23(7-5-9-24(2)20-37)8-6-10-28(22-39)29-13-15-34(32(29)40)31-26(14-18-36)11-12-27(30(31)25(3)21-38)19-33(34,41)16-17-35-4/h6,8-12,21,26-27,29,31-32,35-37,39-41H,1,5,7,13-20,22H2,2-4H3. The highest BCUT2D eigenvalue weighted by molar-refractivity contribution is 5.74. The summed E-state index contributed by atoms with van der Waals surface area (Å²) >= 11 is 0. The van der Waals surface area contributed by atoms with E-state index in [1.165, 1.54) is 0 Å². The van der Waals surface area contributed by atoms with Crippen LogP contribution in [0.25, 0.3) is 0 Å². The largest absolute Gasteiger partial charge is 0.396 e. The molecule has 3 rings (SSSR count). The van der Waals surface area contributed by atoms with Gasteiger partial charge in [0.05, 0.1) is 24.9 Å². The molecule has 0 saturated heterocycles. The Kier molecular flexibility index (Phi) is 12.1. The van der Waals surface area contributed by atoms with Crippen LogP contribution >= 0.6 is 0 Å². The third kappa shape index (κ3) is 6.76. The van der Waals surface area contributed by atoms with Crippen LogP contribution in [-0.2, 0) is 4.79 Å². The monoisotopic (exact) mass is 569 g/mol. The Balaban J connectivity index is 2.00. The second-order valence-electron chi connectivity index (χ2n) is 12.3. The highest BCUT2D eigenvalue weighted by Gasteiger charge is 2.68. The number of carbonyl (C=O) groups excluding carboxylic acids is 1. The van der Waals surface area contributed by atoms with Gasteiger partial charge in [-0.15, -0.1) is 0 Å². The van der Waals surface area contributed by atoms with Crippen LogP contribution in [0, 0.1) is 29.1 Å². The summed E-state index contributed by atoms with van der Waals surface area (Å²) in [7, 11) is 1.85. The molecule has 0 aromatic heterocycles. The third-order valence-corrected chi connectivity index (χ3v) is 9.90. The van der Waals surface area contributed by atoms with E-state index in [1.54, 1.807) is 0 Å². The molecule has 0 aromatic carbocycles. The van der Waals surface area contributed by atoms with Crippen molar-refractivity contribution < 1.29 is 30.3 Å². The van der Waals surface area contributed by atoms with Crippen LogP contribution in [0.4, 0.5) is 0 Å². The number of aliphatic hydroxyl groups is 5. The van der Waals surface area contributed by atoms with Crippen molar-refractivity contribution in [3.8, 4) is 0 Å². The van der Waals surface area contributed by atoms with Gasteiger partial charge >= 0.3 is 0 Å². The molecule has 2 bridgehead atoms. The van der Waals surface area contributed by atoms with E-state index in [2.05, 4.69) is 24.0 Å². The van der Waals surface area contributed by atoms with Crippen LogP contribution in [0.2, 0.25) is 0 Å². The van der Waals surface area contributed by atoms with Gasteiger partial charge in [0, 0.05) is 23.9 Å². The lowest BCUT2D eigenvalue weighted by molar-refractivity contribution is -0.194. The molecule has 0 heterocycles. The zero-order chi connectivity index (χ0) is 30.2. The molecule has 0 amide bonds. The number of carbonyl (C=O) groups is 1. The van der Waals surface area contributed by atoms with Crippen molar-refractivity contribution in [3.05, 3.63) is 70.9 Å². The minimum Gasteiger partial charge on any atom is -0.396 e. The number of aliphatic hydroxyl groups excluding tert-OH is 4. The molecular formula is C34H51NO6. The molecule has 7 heteroatoms. The fourth-order valence-electron chi connectivity index (χ4n) is 7.87. The minimum atomic E-state index is -1.20. The molecular weight excluding hydrogens is 518 g/mol. The average molecular weight is 570 g/mol. The first-order valence-electron chi connectivity index (χ1n) is 15.1. The minimum absolute atomic E-state index is 0.0278. The molecule has 6 N–H and O–H groups in total. The van der Waals surface area contributed by atoms with Gasteiger partial charge in [0.2, 0.25) is 0 Å². The Morgan fingerprint density at radius 1 is 1.20 bits per heavy atom. The smallest absolute Gasteiger partial charge is 0.145 e. The molecule has 7 unspecified atom stereocenters. The third-order valence-electron chi connectivity index (χ3n) is 9.90. The second-order valence-corrected chi connectivity index (χ2v) is 12.3. The van der Waals surface area contributed by atoms with Crippen molar-refractivity contribution in [1.82, 2.24) is 5.32 Å². The molecule has 0 radical (unpaired) electrons. The lowest BCUT2D eigenvalue weighted by Gasteiger charge is -2.61. The summed E-state index contributed by atoms with van der Waals surface area (Å²) in [4.78, 5) is 12.1. The second kappa shape index (κ2) is 14.9. The van der Waals surface area contributed by atoms with Gasteiger partial charge in [-0.3, -0.25) is 4.79 Å².